The highest BCUT2D eigenvalue weighted by molar-refractivity contribution is 5.76. The lowest BCUT2D eigenvalue weighted by Crippen LogP contribution is -2.35. The molecule has 0 aliphatic carbocycles. The quantitative estimate of drug-likeness (QED) is 0.223. The topological polar surface area (TPSA) is 113 Å². The summed E-state index contributed by atoms with van der Waals surface area (Å²) in [6, 6.07) is 0. The summed E-state index contributed by atoms with van der Waals surface area (Å²) in [5, 5.41) is 3.30. The standard InChI is InChI=1S/C16H24N6O3/c17-20-19-8-13-25-16(24)6-11-21-12-7-18-14(21)4-5-15(23)22-9-2-1-3-10-22/h7,12H,1-6,8-11,13H2. The summed E-state index contributed by atoms with van der Waals surface area (Å²) in [5.74, 6) is 0.621. The van der Waals surface area contributed by atoms with E-state index in [0.717, 1.165) is 31.8 Å². The zero-order valence-corrected chi connectivity index (χ0v) is 14.3. The maximum atomic E-state index is 12.2. The molecule has 1 aliphatic heterocycles. The summed E-state index contributed by atoms with van der Waals surface area (Å²) < 4.78 is 6.83. The smallest absolute Gasteiger partial charge is 0.307 e. The van der Waals surface area contributed by atoms with Gasteiger partial charge in [0.15, 0.2) is 0 Å². The third-order valence-electron chi connectivity index (χ3n) is 4.15. The number of carbonyl (C=O) groups excluding carboxylic acids is 2. The molecular formula is C16H24N6O3. The number of rotatable bonds is 9. The van der Waals surface area contributed by atoms with Gasteiger partial charge in [0.2, 0.25) is 5.91 Å². The number of esters is 1. The molecular weight excluding hydrogens is 324 g/mol. The number of ether oxygens (including phenoxy) is 1. The van der Waals surface area contributed by atoms with Gasteiger partial charge in [-0.2, -0.15) is 0 Å². The summed E-state index contributed by atoms with van der Waals surface area (Å²) in [6.45, 7) is 2.39. The Balaban J connectivity index is 1.72. The number of piperidine rings is 1. The lowest BCUT2D eigenvalue weighted by Gasteiger charge is -2.26. The van der Waals surface area contributed by atoms with E-state index in [4.69, 9.17) is 10.3 Å². The molecule has 2 rings (SSSR count). The number of nitrogens with zero attached hydrogens (tertiary/aromatic N) is 6. The van der Waals surface area contributed by atoms with Gasteiger partial charge in [-0.3, -0.25) is 9.59 Å². The van der Waals surface area contributed by atoms with E-state index < -0.39 is 0 Å². The molecule has 1 aromatic heterocycles. The zero-order valence-electron chi connectivity index (χ0n) is 14.3. The van der Waals surface area contributed by atoms with Crippen LogP contribution in [0.15, 0.2) is 17.5 Å². The van der Waals surface area contributed by atoms with Crippen LogP contribution in [-0.2, 0) is 27.3 Å². The van der Waals surface area contributed by atoms with Crippen molar-refractivity contribution >= 4 is 11.9 Å². The molecule has 136 valence electrons. The average molecular weight is 348 g/mol. The maximum absolute atomic E-state index is 12.2. The predicted molar refractivity (Wildman–Crippen MR) is 90.6 cm³/mol. The highest BCUT2D eigenvalue weighted by Crippen LogP contribution is 2.11. The minimum atomic E-state index is -0.350. The van der Waals surface area contributed by atoms with Gasteiger partial charge in [0.1, 0.15) is 5.82 Å². The van der Waals surface area contributed by atoms with Crippen molar-refractivity contribution in [3.8, 4) is 0 Å². The monoisotopic (exact) mass is 348 g/mol. The van der Waals surface area contributed by atoms with Gasteiger partial charge < -0.3 is 14.2 Å². The molecule has 0 atom stereocenters. The fraction of sp³-hybridized carbons (Fsp3) is 0.688. The van der Waals surface area contributed by atoms with Crippen molar-refractivity contribution in [2.45, 2.75) is 45.1 Å². The third kappa shape index (κ3) is 6.46. The molecule has 25 heavy (non-hydrogen) atoms. The van der Waals surface area contributed by atoms with E-state index in [0.29, 0.717) is 19.4 Å². The molecule has 0 saturated carbocycles. The molecule has 1 amide bonds. The molecule has 2 heterocycles. The first kappa shape index (κ1) is 18.8. The van der Waals surface area contributed by atoms with Crippen LogP contribution in [0.2, 0.25) is 0 Å². The lowest BCUT2D eigenvalue weighted by atomic mass is 10.1. The fourth-order valence-corrected chi connectivity index (χ4v) is 2.82. The average Bonchev–Trinajstić information content (AvgIpc) is 3.09. The van der Waals surface area contributed by atoms with Gasteiger partial charge in [-0.15, -0.1) is 0 Å². The van der Waals surface area contributed by atoms with Crippen molar-refractivity contribution in [2.24, 2.45) is 5.11 Å². The minimum absolute atomic E-state index is 0.0873. The Morgan fingerprint density at radius 2 is 2.08 bits per heavy atom. The molecule has 1 fully saturated rings. The number of amides is 1. The van der Waals surface area contributed by atoms with Crippen molar-refractivity contribution < 1.29 is 14.3 Å². The maximum Gasteiger partial charge on any atom is 0.307 e. The van der Waals surface area contributed by atoms with Crippen molar-refractivity contribution in [1.82, 2.24) is 14.5 Å². The summed E-state index contributed by atoms with van der Waals surface area (Å²) in [6.07, 6.45) is 8.06. The second-order valence-electron chi connectivity index (χ2n) is 5.90. The summed E-state index contributed by atoms with van der Waals surface area (Å²) >= 11 is 0. The Labute approximate surface area is 146 Å². The van der Waals surface area contributed by atoms with Crippen molar-refractivity contribution in [3.63, 3.8) is 0 Å². The van der Waals surface area contributed by atoms with Crippen molar-refractivity contribution in [3.05, 3.63) is 28.7 Å². The van der Waals surface area contributed by atoms with E-state index in [9.17, 15) is 9.59 Å². The molecule has 1 saturated heterocycles. The summed E-state index contributed by atoms with van der Waals surface area (Å²) in [4.78, 5) is 32.7. The first-order valence-electron chi connectivity index (χ1n) is 8.65. The number of likely N-dealkylation sites (tertiary alicyclic amines) is 1. The van der Waals surface area contributed by atoms with E-state index in [-0.39, 0.29) is 31.4 Å². The summed E-state index contributed by atoms with van der Waals surface area (Å²) in [7, 11) is 0. The van der Waals surface area contributed by atoms with Crippen LogP contribution >= 0.6 is 0 Å². The van der Waals surface area contributed by atoms with Crippen LogP contribution in [0.5, 0.6) is 0 Å². The number of carbonyl (C=O) groups is 2. The predicted octanol–water partition coefficient (Wildman–Crippen LogP) is 2.07. The van der Waals surface area contributed by atoms with Gasteiger partial charge in [0, 0.05) is 49.8 Å². The minimum Gasteiger partial charge on any atom is -0.465 e. The molecule has 1 aliphatic rings. The number of aromatic nitrogens is 2. The van der Waals surface area contributed by atoms with Crippen molar-refractivity contribution in [1.29, 1.82) is 0 Å². The van der Waals surface area contributed by atoms with Gasteiger partial charge in [0.25, 0.3) is 0 Å². The normalized spacial score (nSPS) is 14.0. The Hall–Kier alpha value is -2.54. The second-order valence-corrected chi connectivity index (χ2v) is 5.90. The Bertz CT molecular complexity index is 617. The first-order chi connectivity index (χ1) is 12.2. The van der Waals surface area contributed by atoms with Gasteiger partial charge in [-0.1, -0.05) is 5.11 Å². The molecule has 0 radical (unpaired) electrons. The number of azide groups is 1. The lowest BCUT2D eigenvalue weighted by molar-refractivity contribution is -0.143. The number of hydrogen-bond donors (Lipinski definition) is 0. The molecule has 0 N–H and O–H groups in total. The van der Waals surface area contributed by atoms with Crippen LogP contribution in [0.3, 0.4) is 0 Å². The molecule has 0 bridgehead atoms. The SMILES string of the molecule is [N-]=[N+]=NCCOC(=O)CCn1ccnc1CCC(=O)N1CCCCC1. The van der Waals surface area contributed by atoms with Crippen LogP contribution in [-0.4, -0.2) is 52.6 Å². The van der Waals surface area contributed by atoms with E-state index in [1.54, 1.807) is 12.4 Å². The number of hydrogen-bond acceptors (Lipinski definition) is 5. The third-order valence-corrected chi connectivity index (χ3v) is 4.15. The van der Waals surface area contributed by atoms with Gasteiger partial charge in [0.05, 0.1) is 19.6 Å². The van der Waals surface area contributed by atoms with E-state index in [1.165, 1.54) is 6.42 Å². The van der Waals surface area contributed by atoms with E-state index in [1.807, 2.05) is 9.47 Å². The molecule has 9 heteroatoms. The Morgan fingerprint density at radius 3 is 2.84 bits per heavy atom. The number of imidazole rings is 1. The van der Waals surface area contributed by atoms with Gasteiger partial charge in [-0.25, -0.2) is 4.98 Å². The van der Waals surface area contributed by atoms with Gasteiger partial charge in [-0.05, 0) is 24.8 Å². The van der Waals surface area contributed by atoms with Crippen LogP contribution < -0.4 is 0 Å². The summed E-state index contributed by atoms with van der Waals surface area (Å²) in [5.41, 5.74) is 8.14. The highest BCUT2D eigenvalue weighted by atomic mass is 16.5. The van der Waals surface area contributed by atoms with Crippen LogP contribution in [0.1, 0.15) is 37.9 Å². The molecule has 9 nitrogen and oxygen atoms in total. The van der Waals surface area contributed by atoms with Crippen molar-refractivity contribution in [2.75, 3.05) is 26.2 Å². The molecule has 0 aromatic carbocycles. The number of aryl methyl sites for hydroxylation is 2. The molecule has 0 spiro atoms. The fourth-order valence-electron chi connectivity index (χ4n) is 2.82. The van der Waals surface area contributed by atoms with E-state index in [2.05, 4.69) is 15.0 Å². The van der Waals surface area contributed by atoms with Gasteiger partial charge >= 0.3 is 5.97 Å². The Kier molecular flexibility index (Phi) is 7.78. The largest absolute Gasteiger partial charge is 0.465 e. The first-order valence-corrected chi connectivity index (χ1v) is 8.65. The van der Waals surface area contributed by atoms with Crippen LogP contribution in [0, 0.1) is 0 Å². The molecule has 0 unspecified atom stereocenters. The Morgan fingerprint density at radius 1 is 1.28 bits per heavy atom. The highest BCUT2D eigenvalue weighted by Gasteiger charge is 2.17. The van der Waals surface area contributed by atoms with E-state index >= 15 is 0 Å². The van der Waals surface area contributed by atoms with Crippen LogP contribution in [0.4, 0.5) is 0 Å². The second kappa shape index (κ2) is 10.4. The molecule has 1 aromatic rings. The zero-order chi connectivity index (χ0) is 17.9. The van der Waals surface area contributed by atoms with Crippen LogP contribution in [0.25, 0.3) is 10.4 Å².